The molecule has 0 radical (unpaired) electrons. The van der Waals surface area contributed by atoms with E-state index in [-0.39, 0.29) is 11.8 Å². The van der Waals surface area contributed by atoms with Crippen LogP contribution >= 0.6 is 0 Å². The SMILES string of the molecule is C[C@@H](N)c1ccc(O)cn1. The van der Waals surface area contributed by atoms with Gasteiger partial charge in [0.05, 0.1) is 11.9 Å². The van der Waals surface area contributed by atoms with Gasteiger partial charge in [-0.15, -0.1) is 0 Å². The first-order chi connectivity index (χ1) is 4.70. The van der Waals surface area contributed by atoms with Crippen LogP contribution in [0.15, 0.2) is 18.3 Å². The van der Waals surface area contributed by atoms with Crippen molar-refractivity contribution in [2.45, 2.75) is 13.0 Å². The number of rotatable bonds is 1. The van der Waals surface area contributed by atoms with Gasteiger partial charge in [-0.25, -0.2) is 0 Å². The average Bonchev–Trinajstić information content (AvgIpc) is 1.88. The fraction of sp³-hybridized carbons (Fsp3) is 0.286. The molecule has 1 rings (SSSR count). The summed E-state index contributed by atoms with van der Waals surface area (Å²) in [5, 5.41) is 8.84. The normalized spacial score (nSPS) is 13.0. The molecule has 3 N–H and O–H groups in total. The predicted octanol–water partition coefficient (Wildman–Crippen LogP) is 0.807. The topological polar surface area (TPSA) is 59.1 Å². The van der Waals surface area contributed by atoms with Gasteiger partial charge < -0.3 is 10.8 Å². The first kappa shape index (κ1) is 7.02. The van der Waals surface area contributed by atoms with Crippen molar-refractivity contribution in [2.75, 3.05) is 0 Å². The molecule has 10 heavy (non-hydrogen) atoms. The van der Waals surface area contributed by atoms with Crippen LogP contribution in [0.2, 0.25) is 0 Å². The summed E-state index contributed by atoms with van der Waals surface area (Å²) in [5.41, 5.74) is 6.31. The maximum Gasteiger partial charge on any atom is 0.133 e. The molecule has 54 valence electrons. The van der Waals surface area contributed by atoms with Crippen molar-refractivity contribution in [3.63, 3.8) is 0 Å². The van der Waals surface area contributed by atoms with Gasteiger partial charge in [-0.05, 0) is 19.1 Å². The molecule has 0 aromatic carbocycles. The Morgan fingerprint density at radius 2 is 2.30 bits per heavy atom. The van der Waals surface area contributed by atoms with Gasteiger partial charge in [-0.2, -0.15) is 0 Å². The molecule has 1 atom stereocenters. The number of pyridine rings is 1. The third kappa shape index (κ3) is 1.45. The molecule has 3 nitrogen and oxygen atoms in total. The minimum Gasteiger partial charge on any atom is -0.506 e. The van der Waals surface area contributed by atoms with Gasteiger partial charge in [0.15, 0.2) is 0 Å². The van der Waals surface area contributed by atoms with E-state index >= 15 is 0 Å². The largest absolute Gasteiger partial charge is 0.506 e. The molecule has 1 aromatic rings. The van der Waals surface area contributed by atoms with Crippen molar-refractivity contribution in [3.8, 4) is 5.75 Å². The van der Waals surface area contributed by atoms with Gasteiger partial charge in [0.2, 0.25) is 0 Å². The molecule has 0 bridgehead atoms. The number of aromatic hydroxyl groups is 1. The van der Waals surface area contributed by atoms with Crippen molar-refractivity contribution in [1.82, 2.24) is 4.98 Å². The highest BCUT2D eigenvalue weighted by Gasteiger charge is 1.98. The van der Waals surface area contributed by atoms with Gasteiger partial charge in [0.1, 0.15) is 5.75 Å². The summed E-state index contributed by atoms with van der Waals surface area (Å²) < 4.78 is 0. The highest BCUT2D eigenvalue weighted by atomic mass is 16.3. The zero-order valence-corrected chi connectivity index (χ0v) is 5.78. The molecule has 0 saturated heterocycles. The highest BCUT2D eigenvalue weighted by Crippen LogP contribution is 2.09. The lowest BCUT2D eigenvalue weighted by Gasteiger charge is -2.02. The Bertz CT molecular complexity index is 205. The van der Waals surface area contributed by atoms with E-state index in [0.717, 1.165) is 5.69 Å². The minimum atomic E-state index is -0.0689. The lowest BCUT2D eigenvalue weighted by atomic mass is 10.2. The van der Waals surface area contributed by atoms with E-state index in [1.165, 1.54) is 6.20 Å². The van der Waals surface area contributed by atoms with Crippen LogP contribution in [0.1, 0.15) is 18.7 Å². The molecule has 0 amide bonds. The van der Waals surface area contributed by atoms with E-state index < -0.39 is 0 Å². The molecular formula is C7H10N2O. The zero-order chi connectivity index (χ0) is 7.56. The van der Waals surface area contributed by atoms with Gasteiger partial charge in [-0.3, -0.25) is 4.98 Å². The van der Waals surface area contributed by atoms with Gasteiger partial charge in [-0.1, -0.05) is 0 Å². The van der Waals surface area contributed by atoms with Crippen LogP contribution < -0.4 is 5.73 Å². The predicted molar refractivity (Wildman–Crippen MR) is 38.5 cm³/mol. The Labute approximate surface area is 59.5 Å². The lowest BCUT2D eigenvalue weighted by molar-refractivity contribution is 0.471. The Morgan fingerprint density at radius 3 is 2.70 bits per heavy atom. The van der Waals surface area contributed by atoms with Crippen LogP contribution in [0, 0.1) is 0 Å². The second-order valence-electron chi connectivity index (χ2n) is 2.23. The van der Waals surface area contributed by atoms with E-state index in [0.29, 0.717) is 0 Å². The summed E-state index contributed by atoms with van der Waals surface area (Å²) in [5.74, 6) is 0.171. The molecule has 1 aromatic heterocycles. The quantitative estimate of drug-likeness (QED) is 0.603. The molecule has 0 saturated carbocycles. The molecule has 0 unspecified atom stereocenters. The van der Waals surface area contributed by atoms with Gasteiger partial charge >= 0.3 is 0 Å². The first-order valence-corrected chi connectivity index (χ1v) is 3.10. The van der Waals surface area contributed by atoms with Crippen LogP contribution in [0.5, 0.6) is 5.75 Å². The summed E-state index contributed by atoms with van der Waals surface area (Å²) in [4.78, 5) is 3.90. The molecule has 1 heterocycles. The third-order valence-electron chi connectivity index (χ3n) is 1.24. The van der Waals surface area contributed by atoms with Gasteiger partial charge in [0.25, 0.3) is 0 Å². The minimum absolute atomic E-state index is 0.0689. The van der Waals surface area contributed by atoms with Crippen LogP contribution in [0.3, 0.4) is 0 Å². The second-order valence-corrected chi connectivity index (χ2v) is 2.23. The maximum atomic E-state index is 8.84. The number of aromatic nitrogens is 1. The van der Waals surface area contributed by atoms with Crippen LogP contribution in [-0.2, 0) is 0 Å². The highest BCUT2D eigenvalue weighted by molar-refractivity contribution is 5.19. The maximum absolute atomic E-state index is 8.84. The Morgan fingerprint density at radius 1 is 1.60 bits per heavy atom. The number of hydrogen-bond acceptors (Lipinski definition) is 3. The Hall–Kier alpha value is -1.09. The van der Waals surface area contributed by atoms with E-state index in [9.17, 15) is 0 Å². The van der Waals surface area contributed by atoms with E-state index in [1.807, 2.05) is 6.92 Å². The lowest BCUT2D eigenvalue weighted by Crippen LogP contribution is -2.06. The van der Waals surface area contributed by atoms with Crippen LogP contribution in [0.25, 0.3) is 0 Å². The van der Waals surface area contributed by atoms with Crippen molar-refractivity contribution in [2.24, 2.45) is 5.73 Å². The first-order valence-electron chi connectivity index (χ1n) is 3.10. The number of nitrogens with zero attached hydrogens (tertiary/aromatic N) is 1. The fourth-order valence-electron chi connectivity index (χ4n) is 0.667. The monoisotopic (exact) mass is 138 g/mol. The van der Waals surface area contributed by atoms with Crippen molar-refractivity contribution >= 4 is 0 Å². The van der Waals surface area contributed by atoms with Crippen LogP contribution in [0.4, 0.5) is 0 Å². The smallest absolute Gasteiger partial charge is 0.133 e. The van der Waals surface area contributed by atoms with E-state index in [4.69, 9.17) is 10.8 Å². The number of nitrogens with two attached hydrogens (primary N) is 1. The molecular weight excluding hydrogens is 128 g/mol. The summed E-state index contributed by atoms with van der Waals surface area (Å²) in [6, 6.07) is 3.21. The summed E-state index contributed by atoms with van der Waals surface area (Å²) in [6.45, 7) is 1.85. The molecule has 0 spiro atoms. The Kier molecular flexibility index (Phi) is 1.87. The summed E-state index contributed by atoms with van der Waals surface area (Å²) in [7, 11) is 0. The van der Waals surface area contributed by atoms with Gasteiger partial charge in [0, 0.05) is 6.04 Å². The van der Waals surface area contributed by atoms with Crippen LogP contribution in [-0.4, -0.2) is 10.1 Å². The summed E-state index contributed by atoms with van der Waals surface area (Å²) >= 11 is 0. The molecule has 3 heteroatoms. The fourth-order valence-corrected chi connectivity index (χ4v) is 0.667. The molecule has 0 aliphatic heterocycles. The average molecular weight is 138 g/mol. The molecule has 0 fully saturated rings. The third-order valence-corrected chi connectivity index (χ3v) is 1.24. The number of hydrogen-bond donors (Lipinski definition) is 2. The van der Waals surface area contributed by atoms with Crippen molar-refractivity contribution in [3.05, 3.63) is 24.0 Å². The van der Waals surface area contributed by atoms with Crippen molar-refractivity contribution in [1.29, 1.82) is 0 Å². The standard InChI is InChI=1S/C7H10N2O/c1-5(8)7-3-2-6(10)4-9-7/h2-5,10H,8H2,1H3/t5-/m1/s1. The molecule has 0 aliphatic carbocycles. The van der Waals surface area contributed by atoms with Crippen molar-refractivity contribution < 1.29 is 5.11 Å². The zero-order valence-electron chi connectivity index (χ0n) is 5.78. The molecule has 0 aliphatic rings. The van der Waals surface area contributed by atoms with E-state index in [2.05, 4.69) is 4.98 Å². The van der Waals surface area contributed by atoms with E-state index in [1.54, 1.807) is 12.1 Å². The second kappa shape index (κ2) is 2.66. The Balaban J connectivity index is 2.89. The summed E-state index contributed by atoms with van der Waals surface area (Å²) in [6.07, 6.45) is 1.39.